The van der Waals surface area contributed by atoms with Crippen LogP contribution in [0.25, 0.3) is 0 Å². The van der Waals surface area contributed by atoms with E-state index in [0.29, 0.717) is 6.04 Å². The lowest BCUT2D eigenvalue weighted by molar-refractivity contribution is 0.587. The van der Waals surface area contributed by atoms with Crippen molar-refractivity contribution in [3.8, 4) is 0 Å². The highest BCUT2D eigenvalue weighted by molar-refractivity contribution is 4.54. The van der Waals surface area contributed by atoms with Crippen LogP contribution in [0.1, 0.15) is 33.1 Å². The summed E-state index contributed by atoms with van der Waals surface area (Å²) in [5.74, 6) is 0. The van der Waals surface area contributed by atoms with E-state index < -0.39 is 0 Å². The number of nitrogens with two attached hydrogens (primary N) is 1. The topological polar surface area (TPSA) is 26.0 Å². The van der Waals surface area contributed by atoms with E-state index in [4.69, 9.17) is 5.73 Å². The van der Waals surface area contributed by atoms with Gasteiger partial charge in [0.05, 0.1) is 0 Å². The molecule has 1 nitrogen and oxygen atoms in total. The second-order valence-electron chi connectivity index (χ2n) is 1.96. The summed E-state index contributed by atoms with van der Waals surface area (Å²) in [6, 6.07) is 0.449. The average Bonchev–Trinajstić information content (AvgIpc) is 1.68. The largest absolute Gasteiger partial charge is 0.328 e. The molecule has 0 saturated carbocycles. The van der Waals surface area contributed by atoms with Crippen LogP contribution in [0.4, 0.5) is 0 Å². The summed E-state index contributed by atoms with van der Waals surface area (Å²) in [7, 11) is 0. The summed E-state index contributed by atoms with van der Waals surface area (Å²) in [6.07, 6.45) is 3.51. The molecule has 2 N–H and O–H groups in total. The minimum Gasteiger partial charge on any atom is -0.328 e. The molecule has 0 aromatic carbocycles. The molecule has 0 unspecified atom stereocenters. The fraction of sp³-hybridized carbons (Fsp3) is 1.00. The van der Waals surface area contributed by atoms with Gasteiger partial charge < -0.3 is 5.73 Å². The van der Waals surface area contributed by atoms with Crippen molar-refractivity contribution in [3.05, 3.63) is 0 Å². The first kappa shape index (κ1) is 6.96. The van der Waals surface area contributed by atoms with Crippen molar-refractivity contribution in [2.24, 2.45) is 5.73 Å². The fourth-order valence-electron chi connectivity index (χ4n) is 0.575. The predicted molar refractivity (Wildman–Crippen MR) is 33.2 cm³/mol. The molecule has 0 amide bonds. The quantitative estimate of drug-likeness (QED) is 0.573. The SMILES string of the molecule is CCC[C@H](N)CC. The lowest BCUT2D eigenvalue weighted by Gasteiger charge is -2.03. The van der Waals surface area contributed by atoms with E-state index in [1.165, 1.54) is 12.8 Å². The summed E-state index contributed by atoms with van der Waals surface area (Å²) in [4.78, 5) is 0. The maximum Gasteiger partial charge on any atom is 0.00361 e. The smallest absolute Gasteiger partial charge is 0.00361 e. The molecule has 0 spiro atoms. The van der Waals surface area contributed by atoms with Gasteiger partial charge in [0.1, 0.15) is 0 Å². The van der Waals surface area contributed by atoms with Gasteiger partial charge in [-0.3, -0.25) is 0 Å². The molecule has 1 heteroatoms. The Morgan fingerprint density at radius 2 is 2.00 bits per heavy atom. The first-order valence-electron chi connectivity index (χ1n) is 3.06. The zero-order valence-electron chi connectivity index (χ0n) is 5.28. The molecule has 0 fully saturated rings. The van der Waals surface area contributed by atoms with Crippen LogP contribution in [-0.2, 0) is 0 Å². The van der Waals surface area contributed by atoms with Crippen LogP contribution in [0.5, 0.6) is 0 Å². The summed E-state index contributed by atoms with van der Waals surface area (Å²) in [5.41, 5.74) is 5.58. The van der Waals surface area contributed by atoms with Crippen molar-refractivity contribution in [1.82, 2.24) is 0 Å². The summed E-state index contributed by atoms with van der Waals surface area (Å²) < 4.78 is 0. The predicted octanol–water partition coefficient (Wildman–Crippen LogP) is 1.52. The molecule has 1 atom stereocenters. The van der Waals surface area contributed by atoms with Crippen LogP contribution < -0.4 is 5.73 Å². The van der Waals surface area contributed by atoms with Gasteiger partial charge in [-0.15, -0.1) is 0 Å². The summed E-state index contributed by atoms with van der Waals surface area (Å²) in [5, 5.41) is 0. The van der Waals surface area contributed by atoms with Gasteiger partial charge >= 0.3 is 0 Å². The van der Waals surface area contributed by atoms with Crippen molar-refractivity contribution in [2.75, 3.05) is 0 Å². The second kappa shape index (κ2) is 4.13. The van der Waals surface area contributed by atoms with Crippen LogP contribution in [0.3, 0.4) is 0 Å². The lowest BCUT2D eigenvalue weighted by Crippen LogP contribution is -2.17. The minimum atomic E-state index is 0.449. The molecular weight excluding hydrogens is 86.1 g/mol. The Balaban J connectivity index is 2.83. The summed E-state index contributed by atoms with van der Waals surface area (Å²) >= 11 is 0. The van der Waals surface area contributed by atoms with Gasteiger partial charge in [0.25, 0.3) is 0 Å². The summed E-state index contributed by atoms with van der Waals surface area (Å²) in [6.45, 7) is 4.29. The van der Waals surface area contributed by atoms with Gasteiger partial charge in [0.15, 0.2) is 0 Å². The first-order chi connectivity index (χ1) is 3.31. The Labute approximate surface area is 45.9 Å². The number of hydrogen-bond acceptors (Lipinski definition) is 1. The highest BCUT2D eigenvalue weighted by atomic mass is 14.6. The molecule has 0 saturated heterocycles. The van der Waals surface area contributed by atoms with E-state index in [-0.39, 0.29) is 0 Å². The van der Waals surface area contributed by atoms with Crippen LogP contribution in [0, 0.1) is 0 Å². The first-order valence-corrected chi connectivity index (χ1v) is 3.06. The van der Waals surface area contributed by atoms with E-state index in [1.54, 1.807) is 0 Å². The molecule has 0 heterocycles. The molecule has 44 valence electrons. The fourth-order valence-corrected chi connectivity index (χ4v) is 0.575. The van der Waals surface area contributed by atoms with Crippen molar-refractivity contribution in [3.63, 3.8) is 0 Å². The molecule has 0 aliphatic carbocycles. The molecule has 0 bridgehead atoms. The van der Waals surface area contributed by atoms with Crippen LogP contribution >= 0.6 is 0 Å². The van der Waals surface area contributed by atoms with Gasteiger partial charge in [-0.1, -0.05) is 20.3 Å². The van der Waals surface area contributed by atoms with Crippen molar-refractivity contribution < 1.29 is 0 Å². The highest BCUT2D eigenvalue weighted by Gasteiger charge is 1.92. The van der Waals surface area contributed by atoms with E-state index in [0.717, 1.165) is 6.42 Å². The average molecular weight is 101 g/mol. The Bertz CT molecular complexity index is 35.2. The highest BCUT2D eigenvalue weighted by Crippen LogP contribution is 1.95. The second-order valence-corrected chi connectivity index (χ2v) is 1.96. The van der Waals surface area contributed by atoms with E-state index in [1.807, 2.05) is 0 Å². The van der Waals surface area contributed by atoms with Crippen molar-refractivity contribution >= 4 is 0 Å². The normalized spacial score (nSPS) is 14.1. The van der Waals surface area contributed by atoms with Gasteiger partial charge in [-0.05, 0) is 12.8 Å². The minimum absolute atomic E-state index is 0.449. The van der Waals surface area contributed by atoms with Gasteiger partial charge in [0.2, 0.25) is 0 Å². The Hall–Kier alpha value is -0.0400. The van der Waals surface area contributed by atoms with Gasteiger partial charge in [-0.2, -0.15) is 0 Å². The van der Waals surface area contributed by atoms with E-state index >= 15 is 0 Å². The third kappa shape index (κ3) is 3.80. The monoisotopic (exact) mass is 101 g/mol. The molecule has 0 rings (SSSR count). The molecule has 0 radical (unpaired) electrons. The van der Waals surface area contributed by atoms with Gasteiger partial charge in [-0.25, -0.2) is 0 Å². The lowest BCUT2D eigenvalue weighted by atomic mass is 10.1. The van der Waals surface area contributed by atoms with E-state index in [9.17, 15) is 0 Å². The van der Waals surface area contributed by atoms with E-state index in [2.05, 4.69) is 13.8 Å². The van der Waals surface area contributed by atoms with Crippen LogP contribution in [-0.4, -0.2) is 6.04 Å². The maximum atomic E-state index is 5.58. The van der Waals surface area contributed by atoms with Crippen molar-refractivity contribution in [2.45, 2.75) is 39.2 Å². The molecule has 7 heavy (non-hydrogen) atoms. The Morgan fingerprint density at radius 3 is 2.14 bits per heavy atom. The molecule has 0 aromatic rings. The zero-order chi connectivity index (χ0) is 5.70. The molecular formula is C6H15N. The van der Waals surface area contributed by atoms with Gasteiger partial charge in [0, 0.05) is 6.04 Å². The Kier molecular flexibility index (Phi) is 4.10. The van der Waals surface area contributed by atoms with Crippen molar-refractivity contribution in [1.29, 1.82) is 0 Å². The third-order valence-corrected chi connectivity index (χ3v) is 1.18. The van der Waals surface area contributed by atoms with Crippen LogP contribution in [0.15, 0.2) is 0 Å². The molecule has 0 aromatic heterocycles. The molecule has 0 aliphatic rings. The third-order valence-electron chi connectivity index (χ3n) is 1.18. The zero-order valence-corrected chi connectivity index (χ0v) is 5.28. The van der Waals surface area contributed by atoms with Crippen LogP contribution in [0.2, 0.25) is 0 Å². The maximum absolute atomic E-state index is 5.58. The Morgan fingerprint density at radius 1 is 1.43 bits per heavy atom. The standard InChI is InChI=1S/C6H15N/c1-3-5-6(7)4-2/h6H,3-5,7H2,1-2H3/t6-/m1/s1. The number of rotatable bonds is 3. The molecule has 0 aliphatic heterocycles. The number of hydrogen-bond donors (Lipinski definition) is 1.